The molecule has 1 aromatic rings. The van der Waals surface area contributed by atoms with E-state index in [-0.39, 0.29) is 12.0 Å². The van der Waals surface area contributed by atoms with Crippen LogP contribution in [-0.4, -0.2) is 29.0 Å². The lowest BCUT2D eigenvalue weighted by Crippen LogP contribution is -2.34. The highest BCUT2D eigenvalue weighted by atomic mass is 19.4. The third-order valence-corrected chi connectivity index (χ3v) is 2.70. The maximum Gasteiger partial charge on any atom is 0.435 e. The molecule has 1 aliphatic rings. The van der Waals surface area contributed by atoms with Crippen molar-refractivity contribution in [3.63, 3.8) is 0 Å². The number of aromatic nitrogens is 2. The van der Waals surface area contributed by atoms with Gasteiger partial charge in [-0.05, 0) is 25.9 Å². The van der Waals surface area contributed by atoms with Gasteiger partial charge in [0, 0.05) is 13.1 Å². The second kappa shape index (κ2) is 4.56. The van der Waals surface area contributed by atoms with Crippen molar-refractivity contribution in [2.24, 2.45) is 7.05 Å². The Kier molecular flexibility index (Phi) is 3.28. The fourth-order valence-corrected chi connectivity index (χ4v) is 1.78. The van der Waals surface area contributed by atoms with Gasteiger partial charge in [0.05, 0.1) is 0 Å². The van der Waals surface area contributed by atoms with E-state index in [1.165, 1.54) is 7.05 Å². The van der Waals surface area contributed by atoms with Crippen LogP contribution in [0.15, 0.2) is 6.07 Å². The van der Waals surface area contributed by atoms with Crippen molar-refractivity contribution in [1.29, 1.82) is 0 Å². The monoisotopic (exact) mass is 249 g/mol. The zero-order valence-electron chi connectivity index (χ0n) is 9.42. The molecule has 0 saturated carbocycles. The Bertz CT molecular complexity index is 383. The van der Waals surface area contributed by atoms with E-state index < -0.39 is 11.9 Å². The molecule has 0 amide bonds. The predicted octanol–water partition coefficient (Wildman–Crippen LogP) is 1.57. The van der Waals surface area contributed by atoms with Crippen LogP contribution in [0.1, 0.15) is 18.5 Å². The van der Waals surface area contributed by atoms with Gasteiger partial charge in [-0.1, -0.05) is 0 Å². The first-order chi connectivity index (χ1) is 7.97. The lowest BCUT2D eigenvalue weighted by Gasteiger charge is -2.23. The minimum atomic E-state index is -4.42. The Hall–Kier alpha value is -1.24. The van der Waals surface area contributed by atoms with E-state index in [0.29, 0.717) is 0 Å². The van der Waals surface area contributed by atoms with Crippen molar-refractivity contribution in [2.75, 3.05) is 13.1 Å². The Labute approximate surface area is 96.7 Å². The predicted molar refractivity (Wildman–Crippen MR) is 54.7 cm³/mol. The summed E-state index contributed by atoms with van der Waals surface area (Å²) in [6, 6.07) is 0.946. The lowest BCUT2D eigenvalue weighted by atomic mass is 10.1. The number of ether oxygens (including phenoxy) is 1. The first-order valence-electron chi connectivity index (χ1n) is 5.45. The number of piperidine rings is 1. The summed E-state index contributed by atoms with van der Waals surface area (Å²) in [5, 5.41) is 6.56. The summed E-state index contributed by atoms with van der Waals surface area (Å²) in [5.74, 6) is 0.171. The number of halogens is 3. The zero-order chi connectivity index (χ0) is 12.5. The van der Waals surface area contributed by atoms with Gasteiger partial charge in [-0.25, -0.2) is 4.68 Å². The van der Waals surface area contributed by atoms with Gasteiger partial charge in [-0.3, -0.25) is 0 Å². The van der Waals surface area contributed by atoms with E-state index in [0.717, 1.165) is 36.7 Å². The number of alkyl halides is 3. The Balaban J connectivity index is 2.07. The summed E-state index contributed by atoms with van der Waals surface area (Å²) in [5.41, 5.74) is -0.913. The molecule has 2 rings (SSSR count). The van der Waals surface area contributed by atoms with Crippen LogP contribution in [0.4, 0.5) is 13.2 Å². The molecule has 1 aliphatic heterocycles. The Morgan fingerprint density at radius 3 is 2.59 bits per heavy atom. The zero-order valence-corrected chi connectivity index (χ0v) is 9.42. The molecule has 0 bridgehead atoms. The van der Waals surface area contributed by atoms with Gasteiger partial charge in [0.2, 0.25) is 5.88 Å². The smallest absolute Gasteiger partial charge is 0.435 e. The van der Waals surface area contributed by atoms with E-state index in [1.54, 1.807) is 0 Å². The first kappa shape index (κ1) is 12.2. The van der Waals surface area contributed by atoms with Crippen molar-refractivity contribution >= 4 is 0 Å². The molecule has 7 heteroatoms. The highest BCUT2D eigenvalue weighted by Crippen LogP contribution is 2.30. The highest BCUT2D eigenvalue weighted by molar-refractivity contribution is 5.18. The van der Waals surface area contributed by atoms with Crippen molar-refractivity contribution in [3.8, 4) is 5.88 Å². The third kappa shape index (κ3) is 2.91. The molecule has 0 spiro atoms. The maximum absolute atomic E-state index is 12.4. The number of hydrogen-bond acceptors (Lipinski definition) is 3. The first-order valence-corrected chi connectivity index (χ1v) is 5.45. The quantitative estimate of drug-likeness (QED) is 0.864. The van der Waals surface area contributed by atoms with Gasteiger partial charge in [0.1, 0.15) is 6.10 Å². The molecule has 1 aromatic heterocycles. The van der Waals surface area contributed by atoms with Crippen LogP contribution in [-0.2, 0) is 13.2 Å². The van der Waals surface area contributed by atoms with Crippen LogP contribution < -0.4 is 10.1 Å². The number of rotatable bonds is 2. The molecule has 0 atom stereocenters. The van der Waals surface area contributed by atoms with Gasteiger partial charge in [0.15, 0.2) is 5.69 Å². The molecule has 1 saturated heterocycles. The van der Waals surface area contributed by atoms with Crippen molar-refractivity contribution in [1.82, 2.24) is 15.1 Å². The average Bonchev–Trinajstić information content (AvgIpc) is 2.62. The fraction of sp³-hybridized carbons (Fsp3) is 0.700. The molecular weight excluding hydrogens is 235 g/mol. The van der Waals surface area contributed by atoms with Gasteiger partial charge < -0.3 is 10.1 Å². The molecule has 1 N–H and O–H groups in total. The van der Waals surface area contributed by atoms with Crippen LogP contribution in [0, 0.1) is 0 Å². The molecule has 2 heterocycles. The molecule has 4 nitrogen and oxygen atoms in total. The molecular formula is C10H14F3N3O. The van der Waals surface area contributed by atoms with Crippen molar-refractivity contribution < 1.29 is 17.9 Å². The second-order valence-electron chi connectivity index (χ2n) is 4.06. The SMILES string of the molecule is Cn1nc(C(F)(F)F)cc1OC1CCNCC1. The van der Waals surface area contributed by atoms with Crippen molar-refractivity contribution in [3.05, 3.63) is 11.8 Å². The second-order valence-corrected chi connectivity index (χ2v) is 4.06. The third-order valence-electron chi connectivity index (χ3n) is 2.70. The normalized spacial score (nSPS) is 18.4. The molecule has 0 radical (unpaired) electrons. The van der Waals surface area contributed by atoms with Gasteiger partial charge in [-0.2, -0.15) is 18.3 Å². The summed E-state index contributed by atoms with van der Waals surface area (Å²) >= 11 is 0. The van der Waals surface area contributed by atoms with Gasteiger partial charge in [0.25, 0.3) is 0 Å². The van der Waals surface area contributed by atoms with Gasteiger partial charge >= 0.3 is 6.18 Å². The van der Waals surface area contributed by atoms with Crippen molar-refractivity contribution in [2.45, 2.75) is 25.1 Å². The lowest BCUT2D eigenvalue weighted by molar-refractivity contribution is -0.141. The van der Waals surface area contributed by atoms with E-state index in [2.05, 4.69) is 10.4 Å². The van der Waals surface area contributed by atoms with E-state index in [4.69, 9.17) is 4.74 Å². The number of nitrogens with zero attached hydrogens (tertiary/aromatic N) is 2. The summed E-state index contributed by atoms with van der Waals surface area (Å²) in [7, 11) is 1.45. The highest BCUT2D eigenvalue weighted by Gasteiger charge is 2.35. The van der Waals surface area contributed by atoms with Crippen LogP contribution in [0.5, 0.6) is 5.88 Å². The molecule has 0 unspecified atom stereocenters. The molecule has 1 fully saturated rings. The van der Waals surface area contributed by atoms with Crippen LogP contribution >= 0.6 is 0 Å². The molecule has 0 aromatic carbocycles. The Morgan fingerprint density at radius 1 is 1.41 bits per heavy atom. The Morgan fingerprint density at radius 2 is 2.06 bits per heavy atom. The van der Waals surface area contributed by atoms with Gasteiger partial charge in [-0.15, -0.1) is 0 Å². The standard InChI is InChI=1S/C10H14F3N3O/c1-16-9(6-8(15-16)10(11,12)13)17-7-2-4-14-5-3-7/h6-7,14H,2-5H2,1H3. The van der Waals surface area contributed by atoms with Crippen LogP contribution in [0.2, 0.25) is 0 Å². The van der Waals surface area contributed by atoms with Crippen LogP contribution in [0.25, 0.3) is 0 Å². The average molecular weight is 249 g/mol. The summed E-state index contributed by atoms with van der Waals surface area (Å²) < 4.78 is 43.9. The number of aryl methyl sites for hydroxylation is 1. The largest absolute Gasteiger partial charge is 0.474 e. The maximum atomic E-state index is 12.4. The molecule has 0 aliphatic carbocycles. The molecule has 96 valence electrons. The van der Waals surface area contributed by atoms with E-state index in [9.17, 15) is 13.2 Å². The summed E-state index contributed by atoms with van der Waals surface area (Å²) in [6.45, 7) is 1.66. The van der Waals surface area contributed by atoms with E-state index >= 15 is 0 Å². The molecule has 17 heavy (non-hydrogen) atoms. The minimum Gasteiger partial charge on any atom is -0.474 e. The minimum absolute atomic E-state index is 0.0345. The fourth-order valence-electron chi connectivity index (χ4n) is 1.78. The van der Waals surface area contributed by atoms with E-state index in [1.807, 2.05) is 0 Å². The number of nitrogens with one attached hydrogen (secondary N) is 1. The van der Waals surface area contributed by atoms with Crippen LogP contribution in [0.3, 0.4) is 0 Å². The number of hydrogen-bond donors (Lipinski definition) is 1. The summed E-state index contributed by atoms with van der Waals surface area (Å²) in [4.78, 5) is 0. The summed E-state index contributed by atoms with van der Waals surface area (Å²) in [6.07, 6.45) is -2.86. The topological polar surface area (TPSA) is 39.1 Å².